The van der Waals surface area contributed by atoms with Gasteiger partial charge in [0.05, 0.1) is 5.84 Å². The maximum absolute atomic E-state index is 11.4. The summed E-state index contributed by atoms with van der Waals surface area (Å²) >= 11 is 0. The van der Waals surface area contributed by atoms with Crippen LogP contribution in [0.1, 0.15) is 41.0 Å². The Balaban J connectivity index is 4.21. The molecule has 98 valence electrons. The molecular formula is C12H23N3O2. The summed E-state index contributed by atoms with van der Waals surface area (Å²) in [4.78, 5) is 15.4. The topological polar surface area (TPSA) is 76.7 Å². The third kappa shape index (κ3) is 9.41. The summed E-state index contributed by atoms with van der Waals surface area (Å²) in [5, 5.41) is 2.67. The molecule has 0 rings (SSSR count). The highest BCUT2D eigenvalue weighted by molar-refractivity contribution is 5.78. The zero-order valence-electron chi connectivity index (χ0n) is 11.3. The number of hydrogen-bond acceptors (Lipinski definition) is 3. The fraction of sp³-hybridized carbons (Fsp3) is 0.667. The molecule has 0 unspecified atom stereocenters. The summed E-state index contributed by atoms with van der Waals surface area (Å²) in [6, 6.07) is 0. The first-order valence-corrected chi connectivity index (χ1v) is 5.69. The van der Waals surface area contributed by atoms with Crippen LogP contribution in [0.5, 0.6) is 0 Å². The van der Waals surface area contributed by atoms with E-state index in [9.17, 15) is 4.79 Å². The number of carbonyl (C=O) groups excluding carboxylic acids is 1. The van der Waals surface area contributed by atoms with Gasteiger partial charge in [0.1, 0.15) is 5.60 Å². The van der Waals surface area contributed by atoms with Crippen molar-refractivity contribution in [2.75, 3.05) is 6.54 Å². The molecule has 0 aliphatic heterocycles. The van der Waals surface area contributed by atoms with Crippen molar-refractivity contribution < 1.29 is 9.53 Å². The Bertz CT molecular complexity index is 310. The molecule has 0 heterocycles. The Morgan fingerprint density at radius 3 is 2.47 bits per heavy atom. The molecule has 3 N–H and O–H groups in total. The molecule has 0 aliphatic rings. The van der Waals surface area contributed by atoms with Crippen LogP contribution < -0.4 is 11.1 Å². The number of aliphatic imine (C=N–C) groups is 1. The van der Waals surface area contributed by atoms with E-state index in [1.807, 2.05) is 27.7 Å². The van der Waals surface area contributed by atoms with E-state index in [-0.39, 0.29) is 0 Å². The van der Waals surface area contributed by atoms with Gasteiger partial charge >= 0.3 is 6.09 Å². The Labute approximate surface area is 103 Å². The molecule has 0 aromatic carbocycles. The third-order valence-electron chi connectivity index (χ3n) is 1.76. The predicted octanol–water partition coefficient (Wildman–Crippen LogP) is 2.18. The van der Waals surface area contributed by atoms with Crippen LogP contribution in [0.2, 0.25) is 0 Å². The number of ether oxygens (including phenoxy) is 1. The van der Waals surface area contributed by atoms with Crippen molar-refractivity contribution in [1.82, 2.24) is 5.32 Å². The molecule has 0 aromatic rings. The van der Waals surface area contributed by atoms with E-state index >= 15 is 0 Å². The minimum Gasteiger partial charge on any atom is -0.444 e. The standard InChI is InChI=1S/C12H23N3O2/c1-6-10(7-14-9(2)13)8-15-11(16)17-12(3,4)5/h7H,6,8H2,1-5H3,(H2,13,14)(H,15,16)/b10-7+. The van der Waals surface area contributed by atoms with Crippen molar-refractivity contribution >= 4 is 11.9 Å². The number of nitrogens with zero attached hydrogens (tertiary/aromatic N) is 1. The minimum atomic E-state index is -0.480. The normalized spacial score (nSPS) is 13.5. The van der Waals surface area contributed by atoms with Crippen LogP contribution in [0, 0.1) is 0 Å². The molecule has 0 bridgehead atoms. The molecule has 0 aliphatic carbocycles. The Hall–Kier alpha value is -1.52. The molecule has 0 saturated carbocycles. The Morgan fingerprint density at radius 2 is 2.06 bits per heavy atom. The first-order valence-electron chi connectivity index (χ1n) is 5.69. The fourth-order valence-electron chi connectivity index (χ4n) is 0.955. The number of rotatable bonds is 4. The molecule has 0 atom stereocenters. The van der Waals surface area contributed by atoms with Crippen LogP contribution in [0.3, 0.4) is 0 Å². The SMILES string of the molecule is CC/C(=C\N=C(C)N)CNC(=O)OC(C)(C)C. The summed E-state index contributed by atoms with van der Waals surface area (Å²) in [5.74, 6) is 0.494. The first-order chi connectivity index (χ1) is 7.74. The lowest BCUT2D eigenvalue weighted by Gasteiger charge is -2.19. The molecule has 0 fully saturated rings. The quantitative estimate of drug-likeness (QED) is 0.585. The van der Waals surface area contributed by atoms with Crippen molar-refractivity contribution in [1.29, 1.82) is 0 Å². The zero-order chi connectivity index (χ0) is 13.5. The Kier molecular flexibility index (Phi) is 6.31. The summed E-state index contributed by atoms with van der Waals surface area (Å²) in [5.41, 5.74) is 5.93. The number of carbonyl (C=O) groups is 1. The third-order valence-corrected chi connectivity index (χ3v) is 1.76. The molecule has 17 heavy (non-hydrogen) atoms. The van der Waals surface area contributed by atoms with Gasteiger partial charge in [-0.3, -0.25) is 0 Å². The van der Waals surface area contributed by atoms with Gasteiger partial charge in [-0.1, -0.05) is 6.92 Å². The Morgan fingerprint density at radius 1 is 1.47 bits per heavy atom. The zero-order valence-corrected chi connectivity index (χ0v) is 11.3. The van der Waals surface area contributed by atoms with Crippen molar-refractivity contribution in [2.24, 2.45) is 10.7 Å². The number of alkyl carbamates (subject to hydrolysis) is 1. The van der Waals surface area contributed by atoms with Gasteiger partial charge in [-0.15, -0.1) is 0 Å². The molecule has 5 heteroatoms. The first kappa shape index (κ1) is 15.5. The predicted molar refractivity (Wildman–Crippen MR) is 69.9 cm³/mol. The van der Waals surface area contributed by atoms with Gasteiger partial charge in [-0.05, 0) is 39.7 Å². The minimum absolute atomic E-state index is 0.419. The highest BCUT2D eigenvalue weighted by Crippen LogP contribution is 2.07. The molecule has 0 radical (unpaired) electrons. The monoisotopic (exact) mass is 241 g/mol. The van der Waals surface area contributed by atoms with Crippen LogP contribution in [0.25, 0.3) is 0 Å². The van der Waals surface area contributed by atoms with E-state index in [1.165, 1.54) is 0 Å². The number of amidine groups is 1. The lowest BCUT2D eigenvalue weighted by molar-refractivity contribution is 0.0532. The molecule has 5 nitrogen and oxygen atoms in total. The van der Waals surface area contributed by atoms with Gasteiger partial charge in [-0.2, -0.15) is 0 Å². The number of amides is 1. The van der Waals surface area contributed by atoms with Gasteiger partial charge in [0.15, 0.2) is 0 Å². The molecular weight excluding hydrogens is 218 g/mol. The van der Waals surface area contributed by atoms with Gasteiger partial charge < -0.3 is 15.8 Å². The molecule has 0 saturated heterocycles. The van der Waals surface area contributed by atoms with Gasteiger partial charge in [-0.25, -0.2) is 9.79 Å². The summed E-state index contributed by atoms with van der Waals surface area (Å²) in [7, 11) is 0. The molecule has 0 spiro atoms. The number of hydrogen-bond donors (Lipinski definition) is 2. The van der Waals surface area contributed by atoms with E-state index in [2.05, 4.69) is 10.3 Å². The van der Waals surface area contributed by atoms with Crippen LogP contribution in [0.4, 0.5) is 4.79 Å². The molecule has 1 amide bonds. The second kappa shape index (κ2) is 6.93. The second-order valence-corrected chi connectivity index (χ2v) is 4.77. The number of nitrogens with two attached hydrogens (primary N) is 1. The highest BCUT2D eigenvalue weighted by Gasteiger charge is 2.15. The highest BCUT2D eigenvalue weighted by atomic mass is 16.6. The lowest BCUT2D eigenvalue weighted by Crippen LogP contribution is -2.33. The van der Waals surface area contributed by atoms with E-state index < -0.39 is 11.7 Å². The van der Waals surface area contributed by atoms with Gasteiger partial charge in [0, 0.05) is 12.7 Å². The number of nitrogens with one attached hydrogen (secondary N) is 1. The summed E-state index contributed by atoms with van der Waals surface area (Å²) < 4.78 is 5.12. The van der Waals surface area contributed by atoms with E-state index in [0.29, 0.717) is 12.4 Å². The van der Waals surface area contributed by atoms with E-state index in [0.717, 1.165) is 12.0 Å². The van der Waals surface area contributed by atoms with E-state index in [4.69, 9.17) is 10.5 Å². The van der Waals surface area contributed by atoms with Crippen LogP contribution >= 0.6 is 0 Å². The van der Waals surface area contributed by atoms with Crippen LogP contribution in [-0.4, -0.2) is 24.1 Å². The molecule has 0 aromatic heterocycles. The average Bonchev–Trinajstić information content (AvgIpc) is 2.14. The lowest BCUT2D eigenvalue weighted by atomic mass is 10.2. The van der Waals surface area contributed by atoms with Crippen LogP contribution in [-0.2, 0) is 4.74 Å². The van der Waals surface area contributed by atoms with Crippen LogP contribution in [0.15, 0.2) is 16.8 Å². The van der Waals surface area contributed by atoms with Crippen molar-refractivity contribution in [3.8, 4) is 0 Å². The fourth-order valence-corrected chi connectivity index (χ4v) is 0.955. The largest absolute Gasteiger partial charge is 0.444 e. The average molecular weight is 241 g/mol. The maximum atomic E-state index is 11.4. The summed E-state index contributed by atoms with van der Waals surface area (Å²) in [6.45, 7) is 9.60. The summed E-state index contributed by atoms with van der Waals surface area (Å²) in [6.07, 6.45) is 2.05. The van der Waals surface area contributed by atoms with Gasteiger partial charge in [0.25, 0.3) is 0 Å². The second-order valence-electron chi connectivity index (χ2n) is 4.77. The van der Waals surface area contributed by atoms with Gasteiger partial charge in [0.2, 0.25) is 0 Å². The van der Waals surface area contributed by atoms with E-state index in [1.54, 1.807) is 13.1 Å². The van der Waals surface area contributed by atoms with Crippen molar-refractivity contribution in [3.05, 3.63) is 11.8 Å². The van der Waals surface area contributed by atoms with Crippen molar-refractivity contribution in [2.45, 2.75) is 46.6 Å². The maximum Gasteiger partial charge on any atom is 0.407 e. The smallest absolute Gasteiger partial charge is 0.407 e. The van der Waals surface area contributed by atoms with Crippen molar-refractivity contribution in [3.63, 3.8) is 0 Å².